The van der Waals surface area contributed by atoms with Gasteiger partial charge in [-0.15, -0.1) is 0 Å². The fourth-order valence-electron chi connectivity index (χ4n) is 3.81. The number of rotatable bonds is 4. The maximum Gasteiger partial charge on any atom is 0.418 e. The molecule has 0 spiro atoms. The Bertz CT molecular complexity index is 1040. The number of hydrogen-bond donors (Lipinski definition) is 1. The van der Waals surface area contributed by atoms with Crippen LogP contribution in [0.1, 0.15) is 5.56 Å². The lowest BCUT2D eigenvalue weighted by molar-refractivity contribution is -0.142. The van der Waals surface area contributed by atoms with Crippen LogP contribution < -0.4 is 15.0 Å². The van der Waals surface area contributed by atoms with Gasteiger partial charge in [-0.25, -0.2) is 0 Å². The van der Waals surface area contributed by atoms with Crippen molar-refractivity contribution in [2.45, 2.75) is 12.3 Å². The number of carbonyl (C=O) groups is 2. The second-order valence-electron chi connectivity index (χ2n) is 7.60. The highest BCUT2D eigenvalue weighted by molar-refractivity contribution is 6.34. The van der Waals surface area contributed by atoms with Crippen molar-refractivity contribution in [2.24, 2.45) is 0 Å². The first kappa shape index (κ1) is 23.2. The molecule has 2 heterocycles. The lowest BCUT2D eigenvalue weighted by atomic mass is 10.1. The molecule has 2 aromatic carbocycles. The van der Waals surface area contributed by atoms with Crippen LogP contribution in [-0.2, 0) is 20.5 Å². The van der Waals surface area contributed by atoms with Crippen molar-refractivity contribution in [1.82, 2.24) is 4.90 Å². The molecule has 2 aliphatic rings. The molecule has 2 aromatic rings. The van der Waals surface area contributed by atoms with Crippen molar-refractivity contribution in [2.75, 3.05) is 49.6 Å². The highest BCUT2D eigenvalue weighted by Crippen LogP contribution is 2.39. The molecule has 0 bridgehead atoms. The van der Waals surface area contributed by atoms with E-state index in [0.717, 1.165) is 6.07 Å². The lowest BCUT2D eigenvalue weighted by Gasteiger charge is -2.38. The van der Waals surface area contributed by atoms with Gasteiger partial charge in [-0.3, -0.25) is 9.59 Å². The maximum atomic E-state index is 13.4. The molecule has 0 saturated carbocycles. The highest BCUT2D eigenvalue weighted by atomic mass is 35.5. The largest absolute Gasteiger partial charge is 0.477 e. The first-order valence-corrected chi connectivity index (χ1v) is 10.6. The number of para-hydroxylation sites is 3. The van der Waals surface area contributed by atoms with E-state index in [0.29, 0.717) is 37.7 Å². The molecule has 33 heavy (non-hydrogen) atoms. The minimum atomic E-state index is -4.69. The number of fused-ring (bicyclic) bond motifs is 1. The zero-order valence-electron chi connectivity index (χ0n) is 17.4. The number of hydrogen-bond acceptors (Lipinski definition) is 5. The van der Waals surface area contributed by atoms with E-state index in [1.165, 1.54) is 12.1 Å². The van der Waals surface area contributed by atoms with Crippen LogP contribution in [0.4, 0.5) is 24.5 Å². The smallest absolute Gasteiger partial charge is 0.418 e. The number of nitrogens with zero attached hydrogens (tertiary/aromatic N) is 2. The molecule has 1 N–H and O–H groups in total. The summed E-state index contributed by atoms with van der Waals surface area (Å²) in [6.07, 6.45) is -5.55. The van der Waals surface area contributed by atoms with Gasteiger partial charge in [0.2, 0.25) is 5.91 Å². The summed E-state index contributed by atoms with van der Waals surface area (Å²) >= 11 is 5.95. The van der Waals surface area contributed by atoms with Gasteiger partial charge in [0.1, 0.15) is 5.75 Å². The Morgan fingerprint density at radius 3 is 2.55 bits per heavy atom. The van der Waals surface area contributed by atoms with Gasteiger partial charge < -0.3 is 24.6 Å². The molecule has 1 saturated heterocycles. The van der Waals surface area contributed by atoms with E-state index < -0.39 is 29.4 Å². The van der Waals surface area contributed by atoms with Crippen LogP contribution in [0.15, 0.2) is 42.5 Å². The van der Waals surface area contributed by atoms with E-state index in [1.54, 1.807) is 34.1 Å². The number of ether oxygens (including phenoxy) is 2. The average molecular weight is 484 g/mol. The van der Waals surface area contributed by atoms with Crippen LogP contribution in [-0.4, -0.2) is 62.2 Å². The van der Waals surface area contributed by atoms with E-state index >= 15 is 0 Å². The summed E-state index contributed by atoms with van der Waals surface area (Å²) in [5.74, 6) is -0.525. The number of morpholine rings is 1. The quantitative estimate of drug-likeness (QED) is 0.721. The number of carbonyl (C=O) groups excluding carboxylic acids is 2. The SMILES string of the molecule is O=C(CN1CC(C(=O)N2CCOCC2)Oc2ccccc21)Nc1c(Cl)cccc1C(F)(F)F. The van der Waals surface area contributed by atoms with E-state index in [9.17, 15) is 22.8 Å². The summed E-state index contributed by atoms with van der Waals surface area (Å²) in [4.78, 5) is 29.0. The first-order chi connectivity index (χ1) is 15.7. The van der Waals surface area contributed by atoms with Gasteiger partial charge in [0.05, 0.1) is 48.3 Å². The normalized spacial score (nSPS) is 18.4. The molecule has 1 fully saturated rings. The molecule has 0 radical (unpaired) electrons. The van der Waals surface area contributed by atoms with Crippen LogP contribution in [0.2, 0.25) is 5.02 Å². The average Bonchev–Trinajstić information content (AvgIpc) is 2.79. The third kappa shape index (κ3) is 5.17. The zero-order chi connectivity index (χ0) is 23.6. The van der Waals surface area contributed by atoms with Gasteiger partial charge in [0.15, 0.2) is 6.10 Å². The van der Waals surface area contributed by atoms with Crippen LogP contribution in [0.5, 0.6) is 5.75 Å². The van der Waals surface area contributed by atoms with Gasteiger partial charge in [-0.05, 0) is 24.3 Å². The van der Waals surface area contributed by atoms with Gasteiger partial charge in [-0.1, -0.05) is 29.8 Å². The van der Waals surface area contributed by atoms with Gasteiger partial charge >= 0.3 is 6.18 Å². The van der Waals surface area contributed by atoms with Crippen molar-refractivity contribution in [3.05, 3.63) is 53.1 Å². The van der Waals surface area contributed by atoms with Crippen molar-refractivity contribution in [3.63, 3.8) is 0 Å². The standard InChI is InChI=1S/C22H21ClF3N3O4/c23-15-5-3-4-14(22(24,25)26)20(15)27-19(30)13-29-12-18(21(31)28-8-10-32-11-9-28)33-17-7-2-1-6-16(17)29/h1-7,18H,8-13H2,(H,27,30). The fourth-order valence-corrected chi connectivity index (χ4v) is 4.03. The van der Waals surface area contributed by atoms with E-state index in [-0.39, 0.29) is 24.0 Å². The molecule has 0 aromatic heterocycles. The van der Waals surface area contributed by atoms with Gasteiger partial charge in [0.25, 0.3) is 5.91 Å². The summed E-state index contributed by atoms with van der Waals surface area (Å²) in [6, 6.07) is 10.2. The predicted molar refractivity (Wildman–Crippen MR) is 116 cm³/mol. The third-order valence-corrected chi connectivity index (χ3v) is 5.69. The van der Waals surface area contributed by atoms with Crippen LogP contribution in [0, 0.1) is 0 Å². The Balaban J connectivity index is 1.53. The summed E-state index contributed by atoms with van der Waals surface area (Å²) in [5.41, 5.74) is -0.973. The Morgan fingerprint density at radius 2 is 1.82 bits per heavy atom. The fraction of sp³-hybridized carbons (Fsp3) is 0.364. The minimum absolute atomic E-state index is 0.0648. The number of amides is 2. The Kier molecular flexibility index (Phi) is 6.66. The van der Waals surface area contributed by atoms with Gasteiger partial charge in [0, 0.05) is 13.1 Å². The molecule has 7 nitrogen and oxygen atoms in total. The number of nitrogens with one attached hydrogen (secondary N) is 1. The van der Waals surface area contributed by atoms with Crippen molar-refractivity contribution in [3.8, 4) is 5.75 Å². The topological polar surface area (TPSA) is 71.1 Å². The molecule has 2 aliphatic heterocycles. The molecule has 0 aliphatic carbocycles. The number of alkyl halides is 3. The molecule has 1 atom stereocenters. The Labute approximate surface area is 193 Å². The molecule has 1 unspecified atom stereocenters. The van der Waals surface area contributed by atoms with E-state index in [1.807, 2.05) is 0 Å². The highest BCUT2D eigenvalue weighted by Gasteiger charge is 2.37. The van der Waals surface area contributed by atoms with Crippen LogP contribution in [0.3, 0.4) is 0 Å². The van der Waals surface area contributed by atoms with Crippen molar-refractivity contribution in [1.29, 1.82) is 0 Å². The summed E-state index contributed by atoms with van der Waals surface area (Å²) in [5, 5.41) is 2.06. The number of halogens is 4. The molecule has 176 valence electrons. The summed E-state index contributed by atoms with van der Waals surface area (Å²) < 4.78 is 51.3. The maximum absolute atomic E-state index is 13.4. The van der Waals surface area contributed by atoms with Crippen LogP contribution in [0.25, 0.3) is 0 Å². The Morgan fingerprint density at radius 1 is 1.09 bits per heavy atom. The lowest BCUT2D eigenvalue weighted by Crippen LogP contribution is -2.53. The monoisotopic (exact) mass is 483 g/mol. The van der Waals surface area contributed by atoms with E-state index in [2.05, 4.69) is 5.32 Å². The molecule has 2 amide bonds. The number of anilines is 2. The molecular formula is C22H21ClF3N3O4. The summed E-state index contributed by atoms with van der Waals surface area (Å²) in [7, 11) is 0. The first-order valence-electron chi connectivity index (χ1n) is 10.3. The van der Waals surface area contributed by atoms with E-state index in [4.69, 9.17) is 21.1 Å². The zero-order valence-corrected chi connectivity index (χ0v) is 18.2. The number of benzene rings is 2. The van der Waals surface area contributed by atoms with Crippen molar-refractivity contribution < 1.29 is 32.2 Å². The minimum Gasteiger partial charge on any atom is -0.477 e. The molecule has 4 rings (SSSR count). The van der Waals surface area contributed by atoms with Crippen molar-refractivity contribution >= 4 is 34.8 Å². The third-order valence-electron chi connectivity index (χ3n) is 5.38. The Hall–Kier alpha value is -2.98. The second kappa shape index (κ2) is 9.48. The second-order valence-corrected chi connectivity index (χ2v) is 8.01. The van der Waals surface area contributed by atoms with Gasteiger partial charge in [-0.2, -0.15) is 13.2 Å². The molecular weight excluding hydrogens is 463 g/mol. The predicted octanol–water partition coefficient (Wildman–Crippen LogP) is 3.42. The summed E-state index contributed by atoms with van der Waals surface area (Å²) in [6.45, 7) is 1.51. The molecule has 11 heteroatoms. The van der Waals surface area contributed by atoms with Crippen LogP contribution >= 0.6 is 11.6 Å².